The molecule has 26 heavy (non-hydrogen) atoms. The molecule has 4 aromatic heterocycles. The molecule has 8 heteroatoms. The van der Waals surface area contributed by atoms with Crippen molar-refractivity contribution in [3.8, 4) is 10.7 Å². The monoisotopic (exact) mass is 383 g/mol. The fraction of sp³-hybridized carbons (Fsp3) is 0.222. The van der Waals surface area contributed by atoms with E-state index >= 15 is 0 Å². The van der Waals surface area contributed by atoms with E-state index < -0.39 is 0 Å². The van der Waals surface area contributed by atoms with Crippen LogP contribution in [0.1, 0.15) is 18.2 Å². The second-order valence-corrected chi connectivity index (χ2v) is 7.72. The molecule has 0 unspecified atom stereocenters. The number of thioether (sulfide) groups is 1. The maximum Gasteiger partial charge on any atom is 0.258 e. The Kier molecular flexibility index (Phi) is 4.60. The number of hydrogen-bond donors (Lipinski definition) is 0. The first-order valence-corrected chi connectivity index (χ1v) is 10.1. The van der Waals surface area contributed by atoms with Gasteiger partial charge in [-0.05, 0) is 43.0 Å². The number of aryl methyl sites for hydroxylation is 1. The summed E-state index contributed by atoms with van der Waals surface area (Å²) in [6.07, 6.45) is 1.76. The Morgan fingerprint density at radius 3 is 2.88 bits per heavy atom. The van der Waals surface area contributed by atoms with Gasteiger partial charge in [-0.1, -0.05) is 17.8 Å². The van der Waals surface area contributed by atoms with Gasteiger partial charge in [-0.25, -0.2) is 4.98 Å². The van der Waals surface area contributed by atoms with E-state index in [0.717, 1.165) is 33.7 Å². The second kappa shape index (κ2) is 7.05. The molecule has 0 aliphatic rings. The minimum absolute atomic E-state index is 0.0677. The van der Waals surface area contributed by atoms with Crippen LogP contribution >= 0.6 is 23.1 Å². The molecule has 132 valence electrons. The molecular weight excluding hydrogens is 366 g/mol. The van der Waals surface area contributed by atoms with Crippen molar-refractivity contribution in [1.29, 1.82) is 0 Å². The van der Waals surface area contributed by atoms with Gasteiger partial charge in [-0.3, -0.25) is 9.20 Å². The summed E-state index contributed by atoms with van der Waals surface area (Å²) in [4.78, 5) is 18.0. The summed E-state index contributed by atoms with van der Waals surface area (Å²) < 4.78 is 3.65. The number of fused-ring (bicyclic) bond motifs is 1. The lowest BCUT2D eigenvalue weighted by atomic mass is 10.3. The fourth-order valence-electron chi connectivity index (χ4n) is 2.73. The van der Waals surface area contributed by atoms with E-state index in [2.05, 4.69) is 26.7 Å². The van der Waals surface area contributed by atoms with Crippen LogP contribution in [0.3, 0.4) is 0 Å². The summed E-state index contributed by atoms with van der Waals surface area (Å²) in [5.74, 6) is 1.45. The lowest BCUT2D eigenvalue weighted by Gasteiger charge is -2.07. The molecule has 0 fully saturated rings. The van der Waals surface area contributed by atoms with E-state index in [9.17, 15) is 4.79 Å². The normalized spacial score (nSPS) is 11.3. The zero-order valence-corrected chi connectivity index (χ0v) is 16.0. The molecule has 0 aromatic carbocycles. The minimum atomic E-state index is -0.0677. The molecule has 0 bridgehead atoms. The molecule has 6 nitrogen and oxygen atoms in total. The highest BCUT2D eigenvalue weighted by Crippen LogP contribution is 2.28. The summed E-state index contributed by atoms with van der Waals surface area (Å²) in [6, 6.07) is 9.46. The number of nitrogens with zero attached hydrogens (tertiary/aromatic N) is 5. The molecule has 0 spiro atoms. The quantitative estimate of drug-likeness (QED) is 0.492. The van der Waals surface area contributed by atoms with Crippen molar-refractivity contribution in [3.63, 3.8) is 0 Å². The van der Waals surface area contributed by atoms with Crippen LogP contribution in [0.25, 0.3) is 16.3 Å². The molecule has 0 saturated carbocycles. The van der Waals surface area contributed by atoms with Crippen LogP contribution in [-0.4, -0.2) is 24.1 Å². The van der Waals surface area contributed by atoms with Gasteiger partial charge in [-0.15, -0.1) is 21.5 Å². The predicted octanol–water partition coefficient (Wildman–Crippen LogP) is 3.64. The molecule has 0 saturated heterocycles. The number of aromatic nitrogens is 5. The molecule has 0 radical (unpaired) electrons. The van der Waals surface area contributed by atoms with Crippen molar-refractivity contribution in [2.24, 2.45) is 0 Å². The van der Waals surface area contributed by atoms with Crippen molar-refractivity contribution in [2.45, 2.75) is 31.3 Å². The van der Waals surface area contributed by atoms with Crippen molar-refractivity contribution in [1.82, 2.24) is 24.1 Å². The first-order chi connectivity index (χ1) is 12.7. The van der Waals surface area contributed by atoms with Gasteiger partial charge in [0.2, 0.25) is 0 Å². The highest BCUT2D eigenvalue weighted by Gasteiger charge is 2.14. The summed E-state index contributed by atoms with van der Waals surface area (Å²) in [5, 5.41) is 11.5. The molecule has 0 atom stereocenters. The SMILES string of the molecule is CCn1c(SCc2cc(=O)n3ccc(C)cc3n2)nnc1-c1cccs1. The van der Waals surface area contributed by atoms with Crippen LogP contribution in [0.4, 0.5) is 0 Å². The first-order valence-electron chi connectivity index (χ1n) is 8.24. The zero-order valence-electron chi connectivity index (χ0n) is 14.4. The topological polar surface area (TPSA) is 65.1 Å². The largest absolute Gasteiger partial charge is 0.302 e. The van der Waals surface area contributed by atoms with Crippen LogP contribution in [0, 0.1) is 6.92 Å². The van der Waals surface area contributed by atoms with E-state index in [0.29, 0.717) is 11.4 Å². The molecule has 4 rings (SSSR count). The van der Waals surface area contributed by atoms with Crippen LogP contribution in [-0.2, 0) is 12.3 Å². The number of hydrogen-bond acceptors (Lipinski definition) is 6. The van der Waals surface area contributed by atoms with E-state index in [4.69, 9.17) is 0 Å². The Hall–Kier alpha value is -2.45. The van der Waals surface area contributed by atoms with Crippen molar-refractivity contribution < 1.29 is 0 Å². The van der Waals surface area contributed by atoms with Crippen LogP contribution in [0.15, 0.2) is 51.9 Å². The maximum absolute atomic E-state index is 12.3. The molecule has 0 aliphatic heterocycles. The standard InChI is InChI=1S/C18H17N5OS2/c1-3-22-17(14-5-4-8-25-14)20-21-18(22)26-11-13-10-16(24)23-7-6-12(2)9-15(23)19-13/h4-10H,3,11H2,1-2H3. The highest BCUT2D eigenvalue weighted by atomic mass is 32.2. The van der Waals surface area contributed by atoms with Gasteiger partial charge in [0.15, 0.2) is 11.0 Å². The Bertz CT molecular complexity index is 1110. The van der Waals surface area contributed by atoms with E-state index in [1.165, 1.54) is 0 Å². The summed E-state index contributed by atoms with van der Waals surface area (Å²) >= 11 is 3.20. The third-order valence-corrected chi connectivity index (χ3v) is 5.87. The van der Waals surface area contributed by atoms with Gasteiger partial charge in [-0.2, -0.15) is 0 Å². The lowest BCUT2D eigenvalue weighted by molar-refractivity contribution is 0.688. The second-order valence-electron chi connectivity index (χ2n) is 5.83. The molecule has 4 heterocycles. The number of pyridine rings is 1. The van der Waals surface area contributed by atoms with Gasteiger partial charge >= 0.3 is 0 Å². The Morgan fingerprint density at radius 1 is 1.23 bits per heavy atom. The van der Waals surface area contributed by atoms with E-state index in [-0.39, 0.29) is 5.56 Å². The summed E-state index contributed by atoms with van der Waals surface area (Å²) in [7, 11) is 0. The van der Waals surface area contributed by atoms with Gasteiger partial charge in [0.1, 0.15) is 5.65 Å². The zero-order chi connectivity index (χ0) is 18.1. The average molecular weight is 384 g/mol. The summed E-state index contributed by atoms with van der Waals surface area (Å²) in [6.45, 7) is 4.85. The molecule has 0 amide bonds. The summed E-state index contributed by atoms with van der Waals surface area (Å²) in [5.41, 5.74) is 2.42. The van der Waals surface area contributed by atoms with E-state index in [1.807, 2.05) is 36.6 Å². The molecule has 4 aromatic rings. The fourth-order valence-corrected chi connectivity index (χ4v) is 4.35. The Labute approximate surface area is 158 Å². The smallest absolute Gasteiger partial charge is 0.258 e. The third kappa shape index (κ3) is 3.17. The van der Waals surface area contributed by atoms with Crippen LogP contribution in [0.5, 0.6) is 0 Å². The number of thiophene rings is 1. The highest BCUT2D eigenvalue weighted by molar-refractivity contribution is 7.98. The molecule has 0 aliphatic carbocycles. The minimum Gasteiger partial charge on any atom is -0.302 e. The lowest BCUT2D eigenvalue weighted by Crippen LogP contribution is -2.15. The molecule has 0 N–H and O–H groups in total. The first kappa shape index (κ1) is 17.0. The predicted molar refractivity (Wildman–Crippen MR) is 105 cm³/mol. The van der Waals surface area contributed by atoms with Crippen molar-refractivity contribution >= 4 is 28.7 Å². The molecular formula is C18H17N5OS2. The van der Waals surface area contributed by atoms with Gasteiger partial charge in [0.25, 0.3) is 5.56 Å². The maximum atomic E-state index is 12.3. The Morgan fingerprint density at radius 2 is 2.12 bits per heavy atom. The van der Waals surface area contributed by atoms with Crippen LogP contribution in [0.2, 0.25) is 0 Å². The van der Waals surface area contributed by atoms with E-state index in [1.54, 1.807) is 39.8 Å². The van der Waals surface area contributed by atoms with Crippen molar-refractivity contribution in [3.05, 3.63) is 63.5 Å². The van der Waals surface area contributed by atoms with Crippen molar-refractivity contribution in [2.75, 3.05) is 0 Å². The van der Waals surface area contributed by atoms with Gasteiger partial charge < -0.3 is 4.57 Å². The average Bonchev–Trinajstić information content (AvgIpc) is 3.28. The van der Waals surface area contributed by atoms with Gasteiger partial charge in [0, 0.05) is 24.6 Å². The Balaban J connectivity index is 1.62. The van der Waals surface area contributed by atoms with Gasteiger partial charge in [0.05, 0.1) is 10.6 Å². The van der Waals surface area contributed by atoms with Crippen LogP contribution < -0.4 is 5.56 Å². The number of rotatable bonds is 5. The third-order valence-electron chi connectivity index (χ3n) is 4.00.